The molecule has 0 aliphatic rings. The van der Waals surface area contributed by atoms with Gasteiger partial charge in [-0.15, -0.1) is 24.0 Å². The molecule has 0 atom stereocenters. The largest absolute Gasteiger partial charge is 0.496 e. The molecule has 2 aromatic rings. The van der Waals surface area contributed by atoms with Gasteiger partial charge in [0.1, 0.15) is 5.75 Å². The maximum atomic E-state index is 11.6. The van der Waals surface area contributed by atoms with E-state index in [2.05, 4.69) is 21.7 Å². The van der Waals surface area contributed by atoms with Gasteiger partial charge >= 0.3 is 0 Å². The predicted molar refractivity (Wildman–Crippen MR) is 121 cm³/mol. The van der Waals surface area contributed by atoms with Crippen molar-refractivity contribution in [1.82, 2.24) is 15.2 Å². The third-order valence-corrected chi connectivity index (χ3v) is 4.12. The number of ether oxygens (including phenoxy) is 1. The molecule has 7 heteroatoms. The van der Waals surface area contributed by atoms with Crippen LogP contribution in [0.3, 0.4) is 0 Å². The maximum Gasteiger partial charge on any atom is 0.250 e. The summed E-state index contributed by atoms with van der Waals surface area (Å²) in [6.07, 6.45) is 4.60. The van der Waals surface area contributed by atoms with E-state index in [1.54, 1.807) is 30.9 Å². The van der Waals surface area contributed by atoms with Crippen LogP contribution in [0.5, 0.6) is 5.75 Å². The molecule has 27 heavy (non-hydrogen) atoms. The molecule has 148 valence electrons. The lowest BCUT2D eigenvalue weighted by atomic mass is 10.1. The smallest absolute Gasteiger partial charge is 0.250 e. The molecule has 0 fully saturated rings. The van der Waals surface area contributed by atoms with Crippen molar-refractivity contribution >= 4 is 29.9 Å². The molecule has 0 aliphatic heterocycles. The lowest BCUT2D eigenvalue weighted by Crippen LogP contribution is -2.38. The summed E-state index contributed by atoms with van der Waals surface area (Å²) in [5.41, 5.74) is 1.22. The summed E-state index contributed by atoms with van der Waals surface area (Å²) in [6.45, 7) is 2.33. The fourth-order valence-electron chi connectivity index (χ4n) is 2.71. The van der Waals surface area contributed by atoms with Gasteiger partial charge in [0.15, 0.2) is 5.96 Å². The highest BCUT2D eigenvalue weighted by Gasteiger charge is 2.02. The summed E-state index contributed by atoms with van der Waals surface area (Å²) in [5, 5.41) is 6.62. The van der Waals surface area contributed by atoms with Crippen LogP contribution in [0.15, 0.2) is 58.4 Å². The van der Waals surface area contributed by atoms with Crippen molar-refractivity contribution in [3.8, 4) is 5.75 Å². The highest BCUT2D eigenvalue weighted by Crippen LogP contribution is 2.17. The Kier molecular flexibility index (Phi) is 11.2. The lowest BCUT2D eigenvalue weighted by Gasteiger charge is -2.13. The van der Waals surface area contributed by atoms with E-state index < -0.39 is 0 Å². The minimum atomic E-state index is 0. The average Bonchev–Trinajstić information content (AvgIpc) is 2.68. The van der Waals surface area contributed by atoms with Gasteiger partial charge in [-0.25, -0.2) is 0 Å². The molecule has 1 aromatic carbocycles. The van der Waals surface area contributed by atoms with Crippen LogP contribution in [-0.4, -0.2) is 37.8 Å². The van der Waals surface area contributed by atoms with Crippen LogP contribution in [-0.2, 0) is 13.0 Å². The number of guanidine groups is 1. The summed E-state index contributed by atoms with van der Waals surface area (Å²) in [7, 11) is 3.46. The van der Waals surface area contributed by atoms with Crippen molar-refractivity contribution in [1.29, 1.82) is 0 Å². The molecule has 0 spiro atoms. The number of nitrogens with one attached hydrogen (secondary N) is 2. The highest BCUT2D eigenvalue weighted by atomic mass is 127. The van der Waals surface area contributed by atoms with E-state index in [0.29, 0.717) is 0 Å². The third kappa shape index (κ3) is 8.03. The number of nitrogens with zero attached hydrogens (tertiary/aromatic N) is 2. The summed E-state index contributed by atoms with van der Waals surface area (Å²) in [6, 6.07) is 13.3. The first-order valence-electron chi connectivity index (χ1n) is 8.96. The predicted octanol–water partition coefficient (Wildman–Crippen LogP) is 2.66. The van der Waals surface area contributed by atoms with Crippen molar-refractivity contribution < 1.29 is 4.74 Å². The molecular formula is C20H29IN4O2. The lowest BCUT2D eigenvalue weighted by molar-refractivity contribution is 0.409. The van der Waals surface area contributed by atoms with Crippen LogP contribution in [0.2, 0.25) is 0 Å². The molecule has 1 heterocycles. The molecule has 0 aliphatic carbocycles. The summed E-state index contributed by atoms with van der Waals surface area (Å²) >= 11 is 0. The molecule has 6 nitrogen and oxygen atoms in total. The quantitative estimate of drug-likeness (QED) is 0.249. The SMILES string of the molecule is CN=C(NCCCCn1ccccc1=O)NCCc1ccccc1OC.I. The molecule has 0 bridgehead atoms. The Labute approximate surface area is 178 Å². The number of aryl methyl sites for hydroxylation is 1. The molecule has 0 radical (unpaired) electrons. The molecule has 0 unspecified atom stereocenters. The van der Waals surface area contributed by atoms with Gasteiger partial charge in [0, 0.05) is 38.9 Å². The van der Waals surface area contributed by atoms with Crippen molar-refractivity contribution in [3.63, 3.8) is 0 Å². The van der Waals surface area contributed by atoms with Gasteiger partial charge in [-0.1, -0.05) is 24.3 Å². The zero-order chi connectivity index (χ0) is 18.6. The summed E-state index contributed by atoms with van der Waals surface area (Å²) in [4.78, 5) is 15.9. The first kappa shape index (κ1) is 23.0. The molecule has 0 saturated carbocycles. The summed E-state index contributed by atoms with van der Waals surface area (Å²) < 4.78 is 7.10. The van der Waals surface area contributed by atoms with Gasteiger partial charge in [0.25, 0.3) is 0 Å². The molecular weight excluding hydrogens is 455 g/mol. The Hall–Kier alpha value is -2.03. The van der Waals surface area contributed by atoms with Gasteiger partial charge in [-0.05, 0) is 37.0 Å². The monoisotopic (exact) mass is 484 g/mol. The molecule has 0 saturated heterocycles. The topological polar surface area (TPSA) is 67.7 Å². The number of unbranched alkanes of at least 4 members (excludes halogenated alkanes) is 1. The first-order valence-corrected chi connectivity index (χ1v) is 8.96. The van der Waals surface area contributed by atoms with E-state index in [1.165, 1.54) is 5.56 Å². The number of aliphatic imine (C=N–C) groups is 1. The van der Waals surface area contributed by atoms with Crippen LogP contribution in [0, 0.1) is 0 Å². The molecule has 0 amide bonds. The van der Waals surface area contributed by atoms with Crippen molar-refractivity contribution in [3.05, 3.63) is 64.6 Å². The maximum absolute atomic E-state index is 11.6. The molecule has 1 aromatic heterocycles. The second kappa shape index (κ2) is 13.2. The Balaban J connectivity index is 0.00000364. The zero-order valence-electron chi connectivity index (χ0n) is 16.0. The minimum Gasteiger partial charge on any atom is -0.496 e. The number of hydrogen-bond acceptors (Lipinski definition) is 3. The number of para-hydroxylation sites is 1. The zero-order valence-corrected chi connectivity index (χ0v) is 18.3. The number of methoxy groups -OCH3 is 1. The van der Waals surface area contributed by atoms with Gasteiger partial charge < -0.3 is 19.9 Å². The minimum absolute atomic E-state index is 0. The van der Waals surface area contributed by atoms with Gasteiger partial charge in [0.05, 0.1) is 7.11 Å². The highest BCUT2D eigenvalue weighted by molar-refractivity contribution is 14.0. The fraction of sp³-hybridized carbons (Fsp3) is 0.400. The van der Waals surface area contributed by atoms with Crippen LogP contribution in [0.1, 0.15) is 18.4 Å². The van der Waals surface area contributed by atoms with Gasteiger partial charge in [-0.2, -0.15) is 0 Å². The van der Waals surface area contributed by atoms with Crippen LogP contribution >= 0.6 is 24.0 Å². The first-order chi connectivity index (χ1) is 12.7. The fourth-order valence-corrected chi connectivity index (χ4v) is 2.71. The number of aromatic nitrogens is 1. The van der Waals surface area contributed by atoms with Gasteiger partial charge in [-0.3, -0.25) is 9.79 Å². The number of hydrogen-bond donors (Lipinski definition) is 2. The Morgan fingerprint density at radius 3 is 2.56 bits per heavy atom. The van der Waals surface area contributed by atoms with E-state index in [4.69, 9.17) is 4.74 Å². The van der Waals surface area contributed by atoms with Crippen LogP contribution in [0.4, 0.5) is 0 Å². The van der Waals surface area contributed by atoms with Crippen molar-refractivity contribution in [2.24, 2.45) is 4.99 Å². The van der Waals surface area contributed by atoms with Crippen LogP contribution in [0.25, 0.3) is 0 Å². The van der Waals surface area contributed by atoms with Gasteiger partial charge in [0.2, 0.25) is 5.56 Å². The molecule has 2 N–H and O–H groups in total. The third-order valence-electron chi connectivity index (χ3n) is 4.12. The number of halogens is 1. The van der Waals surface area contributed by atoms with E-state index in [1.807, 2.05) is 30.5 Å². The van der Waals surface area contributed by atoms with Crippen molar-refractivity contribution in [2.45, 2.75) is 25.8 Å². The second-order valence-corrected chi connectivity index (χ2v) is 5.93. The standard InChI is InChI=1S/C20H28N4O2.HI/c1-21-20(23-14-12-17-9-3-4-10-18(17)26-2)22-13-6-8-16-24-15-7-5-11-19(24)25;/h3-5,7,9-11,15H,6,8,12-14,16H2,1-2H3,(H2,21,22,23);1H. The average molecular weight is 484 g/mol. The number of pyridine rings is 1. The Bertz CT molecular complexity index is 761. The Morgan fingerprint density at radius 1 is 1.07 bits per heavy atom. The van der Waals surface area contributed by atoms with E-state index in [0.717, 1.165) is 50.6 Å². The van der Waals surface area contributed by atoms with E-state index >= 15 is 0 Å². The molecule has 2 rings (SSSR count). The number of benzene rings is 1. The Morgan fingerprint density at radius 2 is 1.81 bits per heavy atom. The summed E-state index contributed by atoms with van der Waals surface area (Å²) in [5.74, 6) is 1.70. The van der Waals surface area contributed by atoms with Crippen LogP contribution < -0.4 is 20.9 Å². The number of rotatable bonds is 9. The normalized spacial score (nSPS) is 10.8. The second-order valence-electron chi connectivity index (χ2n) is 5.93. The van der Waals surface area contributed by atoms with E-state index in [9.17, 15) is 4.79 Å². The van der Waals surface area contributed by atoms with Crippen molar-refractivity contribution in [2.75, 3.05) is 27.2 Å². The van der Waals surface area contributed by atoms with E-state index in [-0.39, 0.29) is 29.5 Å².